The highest BCUT2D eigenvalue weighted by Gasteiger charge is 2.10. The summed E-state index contributed by atoms with van der Waals surface area (Å²) in [5.41, 5.74) is 2.65. The Hall–Kier alpha value is -3.51. The predicted octanol–water partition coefficient (Wildman–Crippen LogP) is 5.49. The van der Waals surface area contributed by atoms with Crippen LogP contribution in [-0.4, -0.2) is 56.9 Å². The van der Waals surface area contributed by atoms with Crippen molar-refractivity contribution in [2.45, 2.75) is 30.2 Å². The number of hydrogen-bond acceptors (Lipinski definition) is 7. The first-order valence-electron chi connectivity index (χ1n) is 12.9. The van der Waals surface area contributed by atoms with Crippen LogP contribution in [-0.2, 0) is 20.9 Å². The molecule has 1 aliphatic heterocycles. The van der Waals surface area contributed by atoms with Crippen LogP contribution in [0.1, 0.15) is 23.6 Å². The second-order valence-electron chi connectivity index (χ2n) is 8.92. The van der Waals surface area contributed by atoms with E-state index in [1.807, 2.05) is 43.3 Å². The Labute approximate surface area is 233 Å². The van der Waals surface area contributed by atoms with Gasteiger partial charge in [-0.25, -0.2) is 9.18 Å². The van der Waals surface area contributed by atoms with Gasteiger partial charge in [-0.15, -0.1) is 0 Å². The lowest BCUT2D eigenvalue weighted by atomic mass is 10.2. The SMILES string of the molecule is CCOC(=O)COc1ccc(Sc2cc(C#CCN3CCOCC3)cc(OCc3ccc(F)cc3)c2)cc1C. The highest BCUT2D eigenvalue weighted by Crippen LogP contribution is 2.34. The summed E-state index contributed by atoms with van der Waals surface area (Å²) in [6, 6.07) is 18.0. The van der Waals surface area contributed by atoms with Crippen LogP contribution >= 0.6 is 11.8 Å². The molecule has 0 N–H and O–H groups in total. The van der Waals surface area contributed by atoms with Crippen LogP contribution in [0, 0.1) is 24.6 Å². The van der Waals surface area contributed by atoms with Crippen LogP contribution in [0.25, 0.3) is 0 Å². The number of halogens is 1. The van der Waals surface area contributed by atoms with E-state index in [4.69, 9.17) is 18.9 Å². The van der Waals surface area contributed by atoms with E-state index < -0.39 is 5.97 Å². The third-order valence-electron chi connectivity index (χ3n) is 5.87. The lowest BCUT2D eigenvalue weighted by Gasteiger charge is -2.24. The Morgan fingerprint density at radius 3 is 2.56 bits per heavy atom. The van der Waals surface area contributed by atoms with Crippen molar-refractivity contribution >= 4 is 17.7 Å². The Bertz CT molecular complexity index is 1310. The number of ether oxygens (including phenoxy) is 4. The van der Waals surface area contributed by atoms with Crippen molar-refractivity contribution in [3.05, 3.63) is 83.2 Å². The number of benzene rings is 3. The van der Waals surface area contributed by atoms with Gasteiger partial charge in [-0.1, -0.05) is 35.7 Å². The van der Waals surface area contributed by atoms with Crippen molar-refractivity contribution in [3.8, 4) is 23.3 Å². The van der Waals surface area contributed by atoms with Crippen molar-refractivity contribution in [2.75, 3.05) is 46.1 Å². The van der Waals surface area contributed by atoms with Crippen LogP contribution in [0.5, 0.6) is 11.5 Å². The number of esters is 1. The Morgan fingerprint density at radius 1 is 1.03 bits per heavy atom. The van der Waals surface area contributed by atoms with E-state index in [1.54, 1.807) is 30.8 Å². The summed E-state index contributed by atoms with van der Waals surface area (Å²) < 4.78 is 35.3. The monoisotopic (exact) mass is 549 g/mol. The number of nitrogens with zero attached hydrogens (tertiary/aromatic N) is 1. The number of aryl methyl sites for hydroxylation is 1. The summed E-state index contributed by atoms with van der Waals surface area (Å²) in [6.45, 7) is 8.14. The van der Waals surface area contributed by atoms with Crippen molar-refractivity contribution in [2.24, 2.45) is 0 Å². The Morgan fingerprint density at radius 2 is 1.82 bits per heavy atom. The zero-order valence-corrected chi connectivity index (χ0v) is 23.0. The number of hydrogen-bond donors (Lipinski definition) is 0. The molecule has 0 aliphatic carbocycles. The third kappa shape index (κ3) is 9.32. The van der Waals surface area contributed by atoms with Gasteiger partial charge in [-0.05, 0) is 73.5 Å². The molecule has 0 unspecified atom stereocenters. The molecule has 39 heavy (non-hydrogen) atoms. The van der Waals surface area contributed by atoms with Gasteiger partial charge >= 0.3 is 5.97 Å². The maximum absolute atomic E-state index is 13.3. The molecule has 3 aromatic carbocycles. The first-order valence-corrected chi connectivity index (χ1v) is 13.7. The second kappa shape index (κ2) is 14.6. The summed E-state index contributed by atoms with van der Waals surface area (Å²) in [5.74, 6) is 7.22. The van der Waals surface area contributed by atoms with E-state index >= 15 is 0 Å². The molecule has 0 saturated carbocycles. The molecule has 1 heterocycles. The standard InChI is InChI=1S/C31H32FNO5S/c1-3-36-31(34)22-38-30-11-10-28(17-23(30)2)39-29-19-25(5-4-12-33-13-15-35-16-14-33)18-27(20-29)37-21-24-6-8-26(32)9-7-24/h6-11,17-20H,3,12-16,21-22H2,1-2H3. The largest absolute Gasteiger partial charge is 0.489 e. The topological polar surface area (TPSA) is 57.2 Å². The van der Waals surface area contributed by atoms with E-state index in [-0.39, 0.29) is 12.4 Å². The first-order chi connectivity index (χ1) is 19.0. The summed E-state index contributed by atoms with van der Waals surface area (Å²) >= 11 is 1.58. The first kappa shape index (κ1) is 28.5. The smallest absolute Gasteiger partial charge is 0.344 e. The van der Waals surface area contributed by atoms with E-state index in [0.29, 0.717) is 31.3 Å². The molecule has 1 fully saturated rings. The Kier molecular flexibility index (Phi) is 10.7. The fourth-order valence-corrected chi connectivity index (χ4v) is 4.87. The predicted molar refractivity (Wildman–Crippen MR) is 149 cm³/mol. The zero-order chi connectivity index (χ0) is 27.5. The molecular weight excluding hydrogens is 517 g/mol. The molecule has 1 saturated heterocycles. The molecule has 0 amide bonds. The van der Waals surface area contributed by atoms with Gasteiger partial charge < -0.3 is 18.9 Å². The molecule has 0 spiro atoms. The third-order valence-corrected chi connectivity index (χ3v) is 6.83. The van der Waals surface area contributed by atoms with Gasteiger partial charge in [0.1, 0.15) is 23.9 Å². The summed E-state index contributed by atoms with van der Waals surface area (Å²) in [4.78, 5) is 15.9. The number of morpholine rings is 1. The minimum Gasteiger partial charge on any atom is -0.489 e. The molecule has 0 radical (unpaired) electrons. The molecule has 0 bridgehead atoms. The fourth-order valence-electron chi connectivity index (χ4n) is 3.87. The normalized spacial score (nSPS) is 13.3. The highest BCUT2D eigenvalue weighted by molar-refractivity contribution is 7.99. The lowest BCUT2D eigenvalue weighted by molar-refractivity contribution is -0.145. The van der Waals surface area contributed by atoms with Gasteiger partial charge in [0, 0.05) is 28.4 Å². The van der Waals surface area contributed by atoms with E-state index in [0.717, 1.165) is 52.8 Å². The van der Waals surface area contributed by atoms with E-state index in [1.165, 1.54) is 12.1 Å². The number of rotatable bonds is 10. The van der Waals surface area contributed by atoms with Gasteiger partial charge in [-0.3, -0.25) is 4.90 Å². The van der Waals surface area contributed by atoms with Gasteiger partial charge in [0.2, 0.25) is 0 Å². The minimum absolute atomic E-state index is 0.124. The molecule has 204 valence electrons. The van der Waals surface area contributed by atoms with Gasteiger partial charge in [0.25, 0.3) is 0 Å². The maximum atomic E-state index is 13.3. The summed E-state index contributed by atoms with van der Waals surface area (Å²) in [5, 5.41) is 0. The van der Waals surface area contributed by atoms with Crippen molar-refractivity contribution in [3.63, 3.8) is 0 Å². The van der Waals surface area contributed by atoms with Crippen molar-refractivity contribution < 1.29 is 28.1 Å². The quantitative estimate of drug-likeness (QED) is 0.245. The fraction of sp³-hybridized carbons (Fsp3) is 0.323. The van der Waals surface area contributed by atoms with Crippen molar-refractivity contribution in [1.29, 1.82) is 0 Å². The molecule has 6 nitrogen and oxygen atoms in total. The summed E-state index contributed by atoms with van der Waals surface area (Å²) in [7, 11) is 0. The molecule has 1 aliphatic rings. The van der Waals surface area contributed by atoms with Gasteiger partial charge in [0.15, 0.2) is 6.61 Å². The maximum Gasteiger partial charge on any atom is 0.344 e. The molecule has 3 aromatic rings. The molecule has 4 rings (SSSR count). The van der Waals surface area contributed by atoms with E-state index in [9.17, 15) is 9.18 Å². The zero-order valence-electron chi connectivity index (χ0n) is 22.2. The summed E-state index contributed by atoms with van der Waals surface area (Å²) in [6.07, 6.45) is 0. The van der Waals surface area contributed by atoms with Gasteiger partial charge in [-0.2, -0.15) is 0 Å². The van der Waals surface area contributed by atoms with Gasteiger partial charge in [0.05, 0.1) is 26.4 Å². The molecular formula is C31H32FNO5S. The molecule has 0 aromatic heterocycles. The minimum atomic E-state index is -0.393. The van der Waals surface area contributed by atoms with Crippen LogP contribution in [0.3, 0.4) is 0 Å². The van der Waals surface area contributed by atoms with Crippen LogP contribution in [0.4, 0.5) is 4.39 Å². The average Bonchev–Trinajstić information content (AvgIpc) is 2.93. The average molecular weight is 550 g/mol. The van der Waals surface area contributed by atoms with Crippen molar-refractivity contribution in [1.82, 2.24) is 4.90 Å². The second-order valence-corrected chi connectivity index (χ2v) is 10.1. The lowest BCUT2D eigenvalue weighted by Crippen LogP contribution is -2.36. The number of carbonyl (C=O) groups is 1. The van der Waals surface area contributed by atoms with Crippen LogP contribution in [0.2, 0.25) is 0 Å². The molecule has 0 atom stereocenters. The van der Waals surface area contributed by atoms with E-state index in [2.05, 4.69) is 16.7 Å². The molecule has 8 heteroatoms. The number of carbonyl (C=O) groups excluding carboxylic acids is 1. The Balaban J connectivity index is 1.48. The van der Waals surface area contributed by atoms with Crippen LogP contribution < -0.4 is 9.47 Å². The highest BCUT2D eigenvalue weighted by atomic mass is 32.2. The van der Waals surface area contributed by atoms with Crippen LogP contribution in [0.15, 0.2) is 70.5 Å².